The second-order valence-corrected chi connectivity index (χ2v) is 5.21. The summed E-state index contributed by atoms with van der Waals surface area (Å²) in [6, 6.07) is 0. The normalized spacial score (nSPS) is 25.8. The van der Waals surface area contributed by atoms with Crippen LogP contribution in [0.1, 0.15) is 27.2 Å². The Morgan fingerprint density at radius 3 is 2.73 bits per heavy atom. The number of hydrogen-bond acceptors (Lipinski definition) is 3. The zero-order valence-corrected chi connectivity index (χ0v) is 11.2. The van der Waals surface area contributed by atoms with Crippen LogP contribution in [0.3, 0.4) is 0 Å². The lowest BCUT2D eigenvalue weighted by atomic mass is 9.97. The highest BCUT2D eigenvalue weighted by atomic mass is 32.1. The number of ether oxygens (including phenoxy) is 1. The van der Waals surface area contributed by atoms with Crippen molar-refractivity contribution in [3.8, 4) is 0 Å². The second-order valence-electron chi connectivity index (χ2n) is 4.85. The molecule has 0 radical (unpaired) electrons. The maximum absolute atomic E-state index is 5.67. The highest BCUT2D eigenvalue weighted by Gasteiger charge is 2.22. The van der Waals surface area contributed by atoms with Crippen LogP contribution in [-0.2, 0) is 4.74 Å². The highest BCUT2D eigenvalue weighted by Crippen LogP contribution is 2.17. The summed E-state index contributed by atoms with van der Waals surface area (Å²) in [5.74, 6) is 2.43. The maximum atomic E-state index is 5.67. The molecule has 2 nitrogen and oxygen atoms in total. The summed E-state index contributed by atoms with van der Waals surface area (Å²) >= 11 is 4.44. The molecule has 1 heterocycles. The molecule has 2 atom stereocenters. The topological polar surface area (TPSA) is 12.5 Å². The molecule has 1 fully saturated rings. The smallest absolute Gasteiger partial charge is 0.0700 e. The molecule has 0 aliphatic carbocycles. The summed E-state index contributed by atoms with van der Waals surface area (Å²) < 4.78 is 5.67. The summed E-state index contributed by atoms with van der Waals surface area (Å²) in [6.45, 7) is 11.1. The average molecular weight is 231 g/mol. The molecule has 15 heavy (non-hydrogen) atoms. The minimum Gasteiger partial charge on any atom is -0.376 e. The minimum absolute atomic E-state index is 0.450. The van der Waals surface area contributed by atoms with Crippen LogP contribution in [0.5, 0.6) is 0 Å². The van der Waals surface area contributed by atoms with Gasteiger partial charge >= 0.3 is 0 Å². The van der Waals surface area contributed by atoms with Gasteiger partial charge in [0.15, 0.2) is 0 Å². The van der Waals surface area contributed by atoms with E-state index in [-0.39, 0.29) is 0 Å². The first-order valence-electron chi connectivity index (χ1n) is 6.12. The molecule has 2 unspecified atom stereocenters. The quantitative estimate of drug-likeness (QED) is 0.729. The average Bonchev–Trinajstić information content (AvgIpc) is 2.25. The Labute approximate surface area is 99.8 Å². The van der Waals surface area contributed by atoms with Gasteiger partial charge in [-0.2, -0.15) is 12.6 Å². The molecular weight excluding hydrogens is 206 g/mol. The molecule has 0 bridgehead atoms. The van der Waals surface area contributed by atoms with Crippen molar-refractivity contribution >= 4 is 12.6 Å². The minimum atomic E-state index is 0.450. The second kappa shape index (κ2) is 6.77. The first-order valence-corrected chi connectivity index (χ1v) is 6.75. The Hall–Kier alpha value is 0.270. The van der Waals surface area contributed by atoms with Gasteiger partial charge in [0.25, 0.3) is 0 Å². The monoisotopic (exact) mass is 231 g/mol. The van der Waals surface area contributed by atoms with E-state index in [4.69, 9.17) is 4.74 Å². The van der Waals surface area contributed by atoms with E-state index in [1.54, 1.807) is 0 Å². The van der Waals surface area contributed by atoms with Crippen molar-refractivity contribution in [3.05, 3.63) is 0 Å². The zero-order chi connectivity index (χ0) is 11.3. The van der Waals surface area contributed by atoms with E-state index in [9.17, 15) is 0 Å². The number of rotatable bonds is 5. The summed E-state index contributed by atoms with van der Waals surface area (Å²) in [4.78, 5) is 2.54. The Kier molecular flexibility index (Phi) is 6.02. The molecule has 0 saturated carbocycles. The lowest BCUT2D eigenvalue weighted by molar-refractivity contribution is -0.0348. The molecule has 0 amide bonds. The van der Waals surface area contributed by atoms with E-state index in [0.29, 0.717) is 12.0 Å². The van der Waals surface area contributed by atoms with Crippen molar-refractivity contribution in [1.29, 1.82) is 0 Å². The third-order valence-corrected chi connectivity index (χ3v) is 3.82. The molecule has 0 aromatic carbocycles. The highest BCUT2D eigenvalue weighted by molar-refractivity contribution is 7.80. The van der Waals surface area contributed by atoms with Crippen molar-refractivity contribution in [1.82, 2.24) is 4.90 Å². The third kappa shape index (κ3) is 4.33. The Bertz CT molecular complexity index is 175. The predicted molar refractivity (Wildman–Crippen MR) is 68.7 cm³/mol. The fraction of sp³-hybridized carbons (Fsp3) is 1.00. The van der Waals surface area contributed by atoms with E-state index >= 15 is 0 Å². The van der Waals surface area contributed by atoms with E-state index in [1.165, 1.54) is 6.54 Å². The van der Waals surface area contributed by atoms with Gasteiger partial charge in [-0.25, -0.2) is 0 Å². The number of thiol groups is 1. The largest absolute Gasteiger partial charge is 0.376 e. The maximum Gasteiger partial charge on any atom is 0.0700 e. The van der Waals surface area contributed by atoms with Gasteiger partial charge in [0.1, 0.15) is 0 Å². The van der Waals surface area contributed by atoms with Gasteiger partial charge in [0.2, 0.25) is 0 Å². The summed E-state index contributed by atoms with van der Waals surface area (Å²) in [7, 11) is 0. The lowest BCUT2D eigenvalue weighted by Gasteiger charge is -2.35. The van der Waals surface area contributed by atoms with Gasteiger partial charge in [0.05, 0.1) is 12.7 Å². The molecular formula is C12H25NOS. The van der Waals surface area contributed by atoms with E-state index in [2.05, 4.69) is 38.3 Å². The van der Waals surface area contributed by atoms with Crippen molar-refractivity contribution in [2.45, 2.75) is 33.3 Å². The number of nitrogens with zero attached hydrogens (tertiary/aromatic N) is 1. The summed E-state index contributed by atoms with van der Waals surface area (Å²) in [6.07, 6.45) is 1.58. The van der Waals surface area contributed by atoms with Crippen molar-refractivity contribution < 1.29 is 4.74 Å². The van der Waals surface area contributed by atoms with Gasteiger partial charge in [-0.1, -0.05) is 20.8 Å². The molecule has 0 aromatic rings. The van der Waals surface area contributed by atoms with Crippen molar-refractivity contribution in [2.24, 2.45) is 11.8 Å². The van der Waals surface area contributed by atoms with E-state index in [0.717, 1.165) is 37.8 Å². The molecule has 1 rings (SSSR count). The summed E-state index contributed by atoms with van der Waals surface area (Å²) in [5.41, 5.74) is 0. The van der Waals surface area contributed by atoms with Crippen LogP contribution in [0, 0.1) is 11.8 Å². The van der Waals surface area contributed by atoms with Crippen LogP contribution in [-0.4, -0.2) is 43.0 Å². The van der Waals surface area contributed by atoms with Crippen LogP contribution < -0.4 is 0 Å². The Morgan fingerprint density at radius 2 is 2.20 bits per heavy atom. The van der Waals surface area contributed by atoms with Crippen LogP contribution in [0.25, 0.3) is 0 Å². The molecule has 1 saturated heterocycles. The van der Waals surface area contributed by atoms with Crippen LogP contribution in [0.2, 0.25) is 0 Å². The van der Waals surface area contributed by atoms with Crippen LogP contribution >= 0.6 is 12.6 Å². The number of hydrogen-bond donors (Lipinski definition) is 1. The van der Waals surface area contributed by atoms with Gasteiger partial charge in [-0.05, 0) is 24.0 Å². The number of morpholine rings is 1. The van der Waals surface area contributed by atoms with Crippen molar-refractivity contribution in [2.75, 3.05) is 32.0 Å². The van der Waals surface area contributed by atoms with Gasteiger partial charge in [0, 0.05) is 19.6 Å². The van der Waals surface area contributed by atoms with E-state index < -0.39 is 0 Å². The molecule has 1 aliphatic rings. The zero-order valence-electron chi connectivity index (χ0n) is 10.3. The predicted octanol–water partition coefficient (Wildman–Crippen LogP) is 2.30. The molecule has 90 valence electrons. The molecule has 0 N–H and O–H groups in total. The van der Waals surface area contributed by atoms with Gasteiger partial charge in [-0.3, -0.25) is 4.90 Å². The fourth-order valence-corrected chi connectivity index (χ4v) is 2.54. The Morgan fingerprint density at radius 1 is 1.47 bits per heavy atom. The first-order chi connectivity index (χ1) is 7.17. The van der Waals surface area contributed by atoms with Crippen LogP contribution in [0.15, 0.2) is 0 Å². The molecule has 0 aromatic heterocycles. The van der Waals surface area contributed by atoms with E-state index in [1.807, 2.05) is 0 Å². The fourth-order valence-electron chi connectivity index (χ4n) is 2.00. The molecule has 1 aliphatic heterocycles. The Balaban J connectivity index is 2.36. The first kappa shape index (κ1) is 13.3. The van der Waals surface area contributed by atoms with Crippen molar-refractivity contribution in [3.63, 3.8) is 0 Å². The SMILES string of the molecule is CCC1CN(CC(CS)C(C)C)CCO1. The molecule has 3 heteroatoms. The standard InChI is InChI=1S/C12H25NOS/c1-4-12-8-13(5-6-14-12)7-11(9-15)10(2)3/h10-12,15H,4-9H2,1-3H3. The third-order valence-electron chi connectivity index (χ3n) is 3.35. The van der Waals surface area contributed by atoms with Gasteiger partial charge in [-0.15, -0.1) is 0 Å². The van der Waals surface area contributed by atoms with Crippen LogP contribution in [0.4, 0.5) is 0 Å². The lowest BCUT2D eigenvalue weighted by Crippen LogP contribution is -2.45. The molecule has 0 spiro atoms. The summed E-state index contributed by atoms with van der Waals surface area (Å²) in [5, 5.41) is 0. The van der Waals surface area contributed by atoms with Gasteiger partial charge < -0.3 is 4.74 Å².